The Morgan fingerprint density at radius 3 is 2.83 bits per heavy atom. The van der Waals surface area contributed by atoms with Gasteiger partial charge in [-0.05, 0) is 49.8 Å². The van der Waals surface area contributed by atoms with Gasteiger partial charge in [0.05, 0.1) is 0 Å². The molecular weight excluding hydrogens is 344 g/mol. The number of nitrogens with zero attached hydrogens (tertiary/aromatic N) is 1. The van der Waals surface area contributed by atoms with E-state index in [0.29, 0.717) is 22.2 Å². The number of carbonyl (C=O) groups excluding carboxylic acids is 1. The van der Waals surface area contributed by atoms with E-state index in [1.165, 1.54) is 6.08 Å². The molecule has 0 aliphatic rings. The Bertz CT molecular complexity index is 892. The Morgan fingerprint density at radius 1 is 1.29 bits per heavy atom. The van der Waals surface area contributed by atoms with Crippen LogP contribution in [0.5, 0.6) is 0 Å². The van der Waals surface area contributed by atoms with Crippen molar-refractivity contribution in [2.45, 2.75) is 13.8 Å². The van der Waals surface area contributed by atoms with Gasteiger partial charge in [0.15, 0.2) is 5.76 Å². The summed E-state index contributed by atoms with van der Waals surface area (Å²) in [6, 6.07) is 11.7. The van der Waals surface area contributed by atoms with Crippen molar-refractivity contribution in [2.75, 3.05) is 5.32 Å². The Labute approximate surface area is 148 Å². The monoisotopic (exact) mass is 358 g/mol. The molecule has 0 fully saturated rings. The van der Waals surface area contributed by atoms with Crippen LogP contribution in [0.1, 0.15) is 16.3 Å². The molecule has 0 bridgehead atoms. The van der Waals surface area contributed by atoms with Gasteiger partial charge in [-0.15, -0.1) is 11.3 Å². The third-order valence-corrected chi connectivity index (χ3v) is 4.75. The third kappa shape index (κ3) is 3.75. The number of amides is 1. The third-order valence-electron chi connectivity index (χ3n) is 3.42. The smallest absolute Gasteiger partial charge is 0.248 e. The zero-order valence-electron chi connectivity index (χ0n) is 13.2. The van der Waals surface area contributed by atoms with Crippen LogP contribution in [0.2, 0.25) is 5.02 Å². The molecule has 1 aromatic carbocycles. The summed E-state index contributed by atoms with van der Waals surface area (Å²) in [5.41, 5.74) is 2.34. The summed E-state index contributed by atoms with van der Waals surface area (Å²) in [4.78, 5) is 14.1. The number of thiophene rings is 1. The normalized spacial score (nSPS) is 11.1. The predicted molar refractivity (Wildman–Crippen MR) is 98.4 cm³/mol. The predicted octanol–water partition coefficient (Wildman–Crippen LogP) is 5.33. The average molecular weight is 359 g/mol. The van der Waals surface area contributed by atoms with Crippen LogP contribution in [0, 0.1) is 13.8 Å². The van der Waals surface area contributed by atoms with Crippen molar-refractivity contribution in [3.8, 4) is 10.4 Å². The van der Waals surface area contributed by atoms with E-state index in [1.807, 2.05) is 36.4 Å². The van der Waals surface area contributed by atoms with Crippen LogP contribution in [0.3, 0.4) is 0 Å². The van der Waals surface area contributed by atoms with Crippen molar-refractivity contribution in [1.82, 2.24) is 5.16 Å². The molecule has 2 heterocycles. The zero-order valence-corrected chi connectivity index (χ0v) is 14.7. The molecule has 0 saturated carbocycles. The molecule has 6 heteroatoms. The highest BCUT2D eigenvalue weighted by Crippen LogP contribution is 2.30. The van der Waals surface area contributed by atoms with E-state index in [2.05, 4.69) is 10.5 Å². The number of benzene rings is 1. The lowest BCUT2D eigenvalue weighted by Gasteiger charge is -1.99. The fourth-order valence-corrected chi connectivity index (χ4v) is 3.32. The van der Waals surface area contributed by atoms with Gasteiger partial charge in [-0.25, -0.2) is 0 Å². The van der Waals surface area contributed by atoms with E-state index < -0.39 is 0 Å². The molecular formula is C18H15ClN2O2S. The molecule has 0 aliphatic heterocycles. The topological polar surface area (TPSA) is 55.1 Å². The second kappa shape index (κ2) is 7.03. The number of nitrogens with one attached hydrogen (secondary N) is 1. The Morgan fingerprint density at radius 2 is 2.12 bits per heavy atom. The molecule has 3 aromatic rings. The van der Waals surface area contributed by atoms with E-state index in [-0.39, 0.29) is 5.91 Å². The number of aromatic nitrogens is 1. The summed E-state index contributed by atoms with van der Waals surface area (Å²) in [6.45, 7) is 3.54. The summed E-state index contributed by atoms with van der Waals surface area (Å²) >= 11 is 7.62. The lowest BCUT2D eigenvalue weighted by atomic mass is 10.2. The highest BCUT2D eigenvalue weighted by Gasteiger charge is 2.10. The van der Waals surface area contributed by atoms with Gasteiger partial charge in [0.1, 0.15) is 11.4 Å². The summed E-state index contributed by atoms with van der Waals surface area (Å²) in [6.07, 6.45) is 3.28. The average Bonchev–Trinajstić information content (AvgIpc) is 3.15. The maximum absolute atomic E-state index is 12.0. The molecule has 0 saturated heterocycles. The molecule has 24 heavy (non-hydrogen) atoms. The summed E-state index contributed by atoms with van der Waals surface area (Å²) < 4.78 is 5.02. The number of hydrogen-bond acceptors (Lipinski definition) is 4. The second-order valence-electron chi connectivity index (χ2n) is 5.23. The summed E-state index contributed by atoms with van der Waals surface area (Å²) in [5, 5.41) is 7.29. The molecule has 2 aromatic heterocycles. The van der Waals surface area contributed by atoms with Crippen LogP contribution >= 0.6 is 22.9 Å². The first-order valence-corrected chi connectivity index (χ1v) is 8.50. The lowest BCUT2D eigenvalue weighted by molar-refractivity contribution is -0.111. The molecule has 4 nitrogen and oxygen atoms in total. The van der Waals surface area contributed by atoms with Crippen molar-refractivity contribution in [2.24, 2.45) is 0 Å². The largest absolute Gasteiger partial charge is 0.359 e. The standard InChI is InChI=1S/C18H15ClN2O2S/c1-11-18(12(2)23-21-11)20-17(22)9-7-15-6-8-16(24-15)13-4-3-5-14(19)10-13/h3-10H,1-2H3,(H,20,22)/b9-7+. The first kappa shape index (κ1) is 16.5. The van der Waals surface area contributed by atoms with E-state index >= 15 is 0 Å². The maximum Gasteiger partial charge on any atom is 0.248 e. The van der Waals surface area contributed by atoms with Crippen molar-refractivity contribution < 1.29 is 9.32 Å². The van der Waals surface area contributed by atoms with Gasteiger partial charge in [0, 0.05) is 20.9 Å². The highest BCUT2D eigenvalue weighted by molar-refractivity contribution is 7.16. The Balaban J connectivity index is 1.70. The molecule has 0 atom stereocenters. The molecule has 3 rings (SSSR count). The molecule has 122 valence electrons. The zero-order chi connectivity index (χ0) is 17.1. The van der Waals surface area contributed by atoms with Gasteiger partial charge in [-0.1, -0.05) is 28.9 Å². The van der Waals surface area contributed by atoms with Gasteiger partial charge in [0.25, 0.3) is 0 Å². The van der Waals surface area contributed by atoms with Gasteiger partial charge < -0.3 is 9.84 Å². The van der Waals surface area contributed by atoms with E-state index in [4.69, 9.17) is 16.1 Å². The van der Waals surface area contributed by atoms with Crippen molar-refractivity contribution in [3.63, 3.8) is 0 Å². The van der Waals surface area contributed by atoms with Crippen molar-refractivity contribution in [3.05, 3.63) is 63.8 Å². The number of carbonyl (C=O) groups is 1. The van der Waals surface area contributed by atoms with Crippen LogP contribution in [0.15, 0.2) is 47.0 Å². The maximum atomic E-state index is 12.0. The molecule has 1 amide bonds. The van der Waals surface area contributed by atoms with E-state index in [9.17, 15) is 4.79 Å². The van der Waals surface area contributed by atoms with Crippen LogP contribution in [-0.4, -0.2) is 11.1 Å². The van der Waals surface area contributed by atoms with Crippen LogP contribution in [0.25, 0.3) is 16.5 Å². The minimum absolute atomic E-state index is 0.220. The Hall–Kier alpha value is -2.37. The minimum atomic E-state index is -0.220. The van der Waals surface area contributed by atoms with Gasteiger partial charge in [-0.3, -0.25) is 4.79 Å². The first-order chi connectivity index (χ1) is 11.5. The second-order valence-corrected chi connectivity index (χ2v) is 6.79. The molecule has 0 spiro atoms. The number of anilines is 1. The summed E-state index contributed by atoms with van der Waals surface area (Å²) in [7, 11) is 0. The fourth-order valence-electron chi connectivity index (χ4n) is 2.22. The van der Waals surface area contributed by atoms with Gasteiger partial charge >= 0.3 is 0 Å². The first-order valence-electron chi connectivity index (χ1n) is 7.30. The molecule has 0 unspecified atom stereocenters. The SMILES string of the molecule is Cc1noc(C)c1NC(=O)/C=C/c1ccc(-c2cccc(Cl)c2)s1. The quantitative estimate of drug-likeness (QED) is 0.641. The number of rotatable bonds is 4. The number of hydrogen-bond donors (Lipinski definition) is 1. The van der Waals surface area contributed by atoms with E-state index in [1.54, 1.807) is 31.3 Å². The van der Waals surface area contributed by atoms with Crippen molar-refractivity contribution in [1.29, 1.82) is 0 Å². The van der Waals surface area contributed by atoms with E-state index in [0.717, 1.165) is 15.3 Å². The number of aryl methyl sites for hydroxylation is 2. The molecule has 0 aliphatic carbocycles. The van der Waals surface area contributed by atoms with Gasteiger partial charge in [-0.2, -0.15) is 0 Å². The molecule has 1 N–H and O–H groups in total. The Kier molecular flexibility index (Phi) is 4.83. The highest BCUT2D eigenvalue weighted by atomic mass is 35.5. The van der Waals surface area contributed by atoms with Crippen LogP contribution in [-0.2, 0) is 4.79 Å². The fraction of sp³-hybridized carbons (Fsp3) is 0.111. The van der Waals surface area contributed by atoms with Crippen LogP contribution in [0.4, 0.5) is 5.69 Å². The lowest BCUT2D eigenvalue weighted by Crippen LogP contribution is -2.08. The minimum Gasteiger partial charge on any atom is -0.359 e. The molecule has 0 radical (unpaired) electrons. The summed E-state index contributed by atoms with van der Waals surface area (Å²) in [5.74, 6) is 0.371. The van der Waals surface area contributed by atoms with Crippen LogP contribution < -0.4 is 5.32 Å². The van der Waals surface area contributed by atoms with Gasteiger partial charge in [0.2, 0.25) is 5.91 Å². The number of halogens is 1. The van der Waals surface area contributed by atoms with Crippen molar-refractivity contribution >= 4 is 40.6 Å².